The average molecular weight is 267 g/mol. The molecule has 0 bridgehead atoms. The molecule has 0 saturated heterocycles. The van der Waals surface area contributed by atoms with Crippen molar-refractivity contribution in [2.75, 3.05) is 0 Å². The molecular formula is C13H15F2N3O. The molecule has 0 radical (unpaired) electrons. The number of hydrogen-bond donors (Lipinski definition) is 1. The molecule has 2 rings (SSSR count). The predicted octanol–water partition coefficient (Wildman–Crippen LogP) is 3.07. The minimum absolute atomic E-state index is 0.222. The van der Waals surface area contributed by atoms with Crippen LogP contribution < -0.4 is 5.32 Å². The highest BCUT2D eigenvalue weighted by atomic mass is 19.1. The molecular weight excluding hydrogens is 252 g/mol. The third-order valence-corrected chi connectivity index (χ3v) is 2.84. The minimum Gasteiger partial charge on any atom is -0.424 e. The van der Waals surface area contributed by atoms with Crippen LogP contribution >= 0.6 is 0 Å². The summed E-state index contributed by atoms with van der Waals surface area (Å²) < 4.78 is 31.8. The second kappa shape index (κ2) is 5.44. The third kappa shape index (κ3) is 3.14. The van der Waals surface area contributed by atoms with E-state index < -0.39 is 11.6 Å². The summed E-state index contributed by atoms with van der Waals surface area (Å²) in [6, 6.07) is 3.00. The molecule has 1 N–H and O–H groups in total. The number of nitrogens with zero attached hydrogens (tertiary/aromatic N) is 2. The van der Waals surface area contributed by atoms with E-state index in [2.05, 4.69) is 15.5 Å². The van der Waals surface area contributed by atoms with Crippen molar-refractivity contribution in [3.8, 4) is 0 Å². The highest BCUT2D eigenvalue weighted by Gasteiger charge is 2.18. The monoisotopic (exact) mass is 267 g/mol. The SMILES string of the molecule is Cc1nnc(C(C)NC(C)c2ccc(F)cc2F)o1. The number of rotatable bonds is 4. The van der Waals surface area contributed by atoms with Gasteiger partial charge < -0.3 is 4.42 Å². The van der Waals surface area contributed by atoms with Gasteiger partial charge in [-0.15, -0.1) is 10.2 Å². The highest BCUT2D eigenvalue weighted by molar-refractivity contribution is 5.21. The van der Waals surface area contributed by atoms with Gasteiger partial charge in [0.1, 0.15) is 11.6 Å². The molecule has 6 heteroatoms. The summed E-state index contributed by atoms with van der Waals surface area (Å²) in [6.45, 7) is 5.33. The van der Waals surface area contributed by atoms with E-state index in [1.165, 1.54) is 12.1 Å². The predicted molar refractivity (Wildman–Crippen MR) is 65.4 cm³/mol. The molecule has 0 saturated carbocycles. The molecule has 0 aliphatic heterocycles. The Morgan fingerprint density at radius 1 is 1.16 bits per heavy atom. The Bertz CT molecular complexity index is 571. The summed E-state index contributed by atoms with van der Waals surface area (Å²) in [7, 11) is 0. The lowest BCUT2D eigenvalue weighted by atomic mass is 10.1. The lowest BCUT2D eigenvalue weighted by Crippen LogP contribution is -2.23. The second-order valence-corrected chi connectivity index (χ2v) is 4.44. The van der Waals surface area contributed by atoms with Gasteiger partial charge in [0.15, 0.2) is 0 Å². The topological polar surface area (TPSA) is 51.0 Å². The van der Waals surface area contributed by atoms with Crippen LogP contribution in [0.25, 0.3) is 0 Å². The average Bonchev–Trinajstić information content (AvgIpc) is 2.75. The van der Waals surface area contributed by atoms with E-state index in [1.807, 2.05) is 6.92 Å². The van der Waals surface area contributed by atoms with Crippen LogP contribution in [0, 0.1) is 18.6 Å². The van der Waals surface area contributed by atoms with Crippen LogP contribution in [0.5, 0.6) is 0 Å². The summed E-state index contributed by atoms with van der Waals surface area (Å²) in [5.41, 5.74) is 0.393. The molecule has 4 nitrogen and oxygen atoms in total. The highest BCUT2D eigenvalue weighted by Crippen LogP contribution is 2.21. The van der Waals surface area contributed by atoms with Gasteiger partial charge in [-0.1, -0.05) is 6.07 Å². The molecule has 0 aliphatic rings. The van der Waals surface area contributed by atoms with E-state index in [-0.39, 0.29) is 12.1 Å². The number of benzene rings is 1. The molecule has 2 aromatic rings. The zero-order chi connectivity index (χ0) is 14.0. The van der Waals surface area contributed by atoms with Gasteiger partial charge >= 0.3 is 0 Å². The maximum absolute atomic E-state index is 13.6. The lowest BCUT2D eigenvalue weighted by Gasteiger charge is -2.18. The van der Waals surface area contributed by atoms with Gasteiger partial charge in [-0.2, -0.15) is 0 Å². The smallest absolute Gasteiger partial charge is 0.233 e. The van der Waals surface area contributed by atoms with Crippen LogP contribution in [0.2, 0.25) is 0 Å². The number of aryl methyl sites for hydroxylation is 1. The Balaban J connectivity index is 2.10. The van der Waals surface area contributed by atoms with Gasteiger partial charge in [0.2, 0.25) is 11.8 Å². The van der Waals surface area contributed by atoms with Crippen molar-refractivity contribution in [2.45, 2.75) is 32.9 Å². The van der Waals surface area contributed by atoms with Gasteiger partial charge in [-0.05, 0) is 19.9 Å². The van der Waals surface area contributed by atoms with E-state index in [4.69, 9.17) is 4.42 Å². The lowest BCUT2D eigenvalue weighted by molar-refractivity contribution is 0.375. The molecule has 0 fully saturated rings. The van der Waals surface area contributed by atoms with Crippen molar-refractivity contribution >= 4 is 0 Å². The fourth-order valence-electron chi connectivity index (χ4n) is 1.88. The van der Waals surface area contributed by atoms with Crippen LogP contribution in [-0.2, 0) is 0 Å². The van der Waals surface area contributed by atoms with Gasteiger partial charge in [-0.25, -0.2) is 8.78 Å². The van der Waals surface area contributed by atoms with E-state index >= 15 is 0 Å². The summed E-state index contributed by atoms with van der Waals surface area (Å²) in [5, 5.41) is 10.8. The first-order chi connectivity index (χ1) is 8.97. The Labute approximate surface area is 109 Å². The first-order valence-electron chi connectivity index (χ1n) is 5.98. The molecule has 1 aromatic carbocycles. The van der Waals surface area contributed by atoms with Crippen molar-refractivity contribution in [1.82, 2.24) is 15.5 Å². The number of halogens is 2. The Hall–Kier alpha value is -1.82. The fourth-order valence-corrected chi connectivity index (χ4v) is 1.88. The first-order valence-corrected chi connectivity index (χ1v) is 5.98. The maximum atomic E-state index is 13.6. The van der Waals surface area contributed by atoms with Crippen molar-refractivity contribution in [3.63, 3.8) is 0 Å². The van der Waals surface area contributed by atoms with Crippen molar-refractivity contribution in [3.05, 3.63) is 47.2 Å². The summed E-state index contributed by atoms with van der Waals surface area (Å²) in [5.74, 6) is -0.251. The standard InChI is InChI=1S/C13H15F2N3O/c1-7(11-5-4-10(14)6-12(11)15)16-8(2)13-18-17-9(3)19-13/h4-8,16H,1-3H3. The van der Waals surface area contributed by atoms with Crippen molar-refractivity contribution in [1.29, 1.82) is 0 Å². The van der Waals surface area contributed by atoms with Gasteiger partial charge in [0.05, 0.1) is 6.04 Å². The molecule has 0 amide bonds. The zero-order valence-electron chi connectivity index (χ0n) is 10.9. The molecule has 1 aromatic heterocycles. The van der Waals surface area contributed by atoms with Crippen LogP contribution in [0.4, 0.5) is 8.78 Å². The maximum Gasteiger partial charge on any atom is 0.233 e. The normalized spacial score (nSPS) is 14.4. The van der Waals surface area contributed by atoms with Crippen molar-refractivity contribution in [2.24, 2.45) is 0 Å². The van der Waals surface area contributed by atoms with Crippen molar-refractivity contribution < 1.29 is 13.2 Å². The van der Waals surface area contributed by atoms with E-state index in [0.29, 0.717) is 17.3 Å². The van der Waals surface area contributed by atoms with E-state index in [0.717, 1.165) is 6.07 Å². The molecule has 2 atom stereocenters. The Morgan fingerprint density at radius 3 is 2.47 bits per heavy atom. The van der Waals surface area contributed by atoms with Gasteiger partial charge in [-0.3, -0.25) is 5.32 Å². The second-order valence-electron chi connectivity index (χ2n) is 4.44. The van der Waals surface area contributed by atoms with Crippen LogP contribution in [0.1, 0.15) is 43.3 Å². The Morgan fingerprint density at radius 2 is 1.89 bits per heavy atom. The van der Waals surface area contributed by atoms with Crippen LogP contribution in [-0.4, -0.2) is 10.2 Å². The zero-order valence-corrected chi connectivity index (χ0v) is 10.9. The van der Waals surface area contributed by atoms with E-state index in [1.54, 1.807) is 13.8 Å². The molecule has 19 heavy (non-hydrogen) atoms. The van der Waals surface area contributed by atoms with Crippen LogP contribution in [0.15, 0.2) is 22.6 Å². The number of hydrogen-bond acceptors (Lipinski definition) is 4. The molecule has 0 spiro atoms. The molecule has 1 heterocycles. The summed E-state index contributed by atoms with van der Waals surface area (Å²) >= 11 is 0. The van der Waals surface area contributed by atoms with Gasteiger partial charge in [0, 0.05) is 24.6 Å². The largest absolute Gasteiger partial charge is 0.424 e. The summed E-state index contributed by atoms with van der Waals surface area (Å²) in [4.78, 5) is 0. The summed E-state index contributed by atoms with van der Waals surface area (Å²) in [6.07, 6.45) is 0. The molecule has 2 unspecified atom stereocenters. The number of aromatic nitrogens is 2. The third-order valence-electron chi connectivity index (χ3n) is 2.84. The molecule has 0 aliphatic carbocycles. The molecule has 102 valence electrons. The first kappa shape index (κ1) is 13.6. The van der Waals surface area contributed by atoms with E-state index in [9.17, 15) is 8.78 Å². The minimum atomic E-state index is -0.589. The van der Waals surface area contributed by atoms with Crippen LogP contribution in [0.3, 0.4) is 0 Å². The quantitative estimate of drug-likeness (QED) is 0.925. The Kier molecular flexibility index (Phi) is 3.90. The van der Waals surface area contributed by atoms with Gasteiger partial charge in [0.25, 0.3) is 0 Å². The fraction of sp³-hybridized carbons (Fsp3) is 0.385. The number of nitrogens with one attached hydrogen (secondary N) is 1.